The molecule has 0 bridgehead atoms. The SMILES string of the molecule is CC(C)(C)OC(=O)NC[C@H](N)CCCCC(=O)O. The first-order valence-corrected chi connectivity index (χ1v) is 6.15. The summed E-state index contributed by atoms with van der Waals surface area (Å²) in [4.78, 5) is 21.6. The summed E-state index contributed by atoms with van der Waals surface area (Å²) in [6.45, 7) is 5.71. The maximum Gasteiger partial charge on any atom is 0.407 e. The second-order valence-electron chi connectivity index (χ2n) is 5.28. The molecule has 0 saturated heterocycles. The lowest BCUT2D eigenvalue weighted by molar-refractivity contribution is -0.137. The van der Waals surface area contributed by atoms with Crippen molar-refractivity contribution in [2.45, 2.75) is 58.1 Å². The zero-order valence-electron chi connectivity index (χ0n) is 11.4. The molecular formula is C12H24N2O4. The number of nitrogens with one attached hydrogen (secondary N) is 1. The number of hydrogen-bond acceptors (Lipinski definition) is 4. The lowest BCUT2D eigenvalue weighted by atomic mass is 10.1. The number of aliphatic carboxylic acids is 1. The molecule has 0 fully saturated rings. The van der Waals surface area contributed by atoms with E-state index in [-0.39, 0.29) is 12.5 Å². The van der Waals surface area contributed by atoms with Gasteiger partial charge in [0.15, 0.2) is 0 Å². The standard InChI is InChI=1S/C12H24N2O4/c1-12(2,3)18-11(17)14-8-9(13)6-4-5-7-10(15)16/h9H,4-8,13H2,1-3H3,(H,14,17)(H,15,16)/t9-/m1/s1. The number of alkyl carbamates (subject to hydrolysis) is 1. The summed E-state index contributed by atoms with van der Waals surface area (Å²) >= 11 is 0. The molecule has 0 unspecified atom stereocenters. The molecule has 1 amide bonds. The first-order chi connectivity index (χ1) is 8.20. The highest BCUT2D eigenvalue weighted by molar-refractivity contribution is 5.67. The fourth-order valence-corrected chi connectivity index (χ4v) is 1.31. The average molecular weight is 260 g/mol. The molecule has 0 radical (unpaired) electrons. The minimum absolute atomic E-state index is 0.159. The average Bonchev–Trinajstić information content (AvgIpc) is 2.19. The van der Waals surface area contributed by atoms with Crippen LogP contribution in [0.2, 0.25) is 0 Å². The third-order valence-corrected chi connectivity index (χ3v) is 2.12. The van der Waals surface area contributed by atoms with Gasteiger partial charge in [-0.15, -0.1) is 0 Å². The number of nitrogens with two attached hydrogens (primary N) is 1. The molecule has 106 valence electrons. The van der Waals surface area contributed by atoms with Crippen LogP contribution in [0.5, 0.6) is 0 Å². The summed E-state index contributed by atoms with van der Waals surface area (Å²) in [5.41, 5.74) is 5.27. The summed E-state index contributed by atoms with van der Waals surface area (Å²) in [6, 6.07) is -0.175. The molecule has 4 N–H and O–H groups in total. The number of carboxylic acids is 1. The topological polar surface area (TPSA) is 102 Å². The van der Waals surface area contributed by atoms with Crippen LogP contribution in [0.3, 0.4) is 0 Å². The molecule has 0 aliphatic rings. The maximum absolute atomic E-state index is 11.3. The van der Waals surface area contributed by atoms with Crippen molar-refractivity contribution < 1.29 is 19.4 Å². The van der Waals surface area contributed by atoms with Crippen molar-refractivity contribution >= 4 is 12.1 Å². The monoisotopic (exact) mass is 260 g/mol. The highest BCUT2D eigenvalue weighted by atomic mass is 16.6. The summed E-state index contributed by atoms with van der Waals surface area (Å²) in [5.74, 6) is -0.796. The fourth-order valence-electron chi connectivity index (χ4n) is 1.31. The number of amides is 1. The predicted octanol–water partition coefficient (Wildman–Crippen LogP) is 1.48. The zero-order valence-corrected chi connectivity index (χ0v) is 11.4. The molecule has 0 aromatic carbocycles. The van der Waals surface area contributed by atoms with Crippen LogP contribution in [-0.4, -0.2) is 35.4 Å². The van der Waals surface area contributed by atoms with Crippen molar-refractivity contribution in [1.29, 1.82) is 0 Å². The Morgan fingerprint density at radius 1 is 1.33 bits per heavy atom. The molecule has 18 heavy (non-hydrogen) atoms. The third-order valence-electron chi connectivity index (χ3n) is 2.12. The molecule has 0 aromatic heterocycles. The molecule has 1 atom stereocenters. The van der Waals surface area contributed by atoms with Gasteiger partial charge in [0, 0.05) is 19.0 Å². The number of carbonyl (C=O) groups is 2. The predicted molar refractivity (Wildman–Crippen MR) is 68.3 cm³/mol. The van der Waals surface area contributed by atoms with Gasteiger partial charge in [-0.25, -0.2) is 4.79 Å². The van der Waals surface area contributed by atoms with Crippen molar-refractivity contribution in [2.75, 3.05) is 6.54 Å². The van der Waals surface area contributed by atoms with Gasteiger partial charge in [-0.1, -0.05) is 6.42 Å². The molecule has 0 heterocycles. The van der Waals surface area contributed by atoms with Gasteiger partial charge < -0.3 is 20.9 Å². The molecule has 0 spiro atoms. The van der Waals surface area contributed by atoms with E-state index in [1.54, 1.807) is 20.8 Å². The first kappa shape index (κ1) is 16.7. The van der Waals surface area contributed by atoms with E-state index in [4.69, 9.17) is 15.6 Å². The van der Waals surface area contributed by atoms with E-state index >= 15 is 0 Å². The molecule has 0 rings (SSSR count). The molecule has 6 heteroatoms. The molecule has 0 saturated carbocycles. The van der Waals surface area contributed by atoms with E-state index in [0.717, 1.165) is 6.42 Å². The van der Waals surface area contributed by atoms with E-state index in [0.29, 0.717) is 19.4 Å². The summed E-state index contributed by atoms with van der Waals surface area (Å²) in [6.07, 6.45) is 1.71. The largest absolute Gasteiger partial charge is 0.481 e. The van der Waals surface area contributed by atoms with Gasteiger partial charge in [0.2, 0.25) is 0 Å². The number of hydrogen-bond donors (Lipinski definition) is 3. The summed E-state index contributed by atoms with van der Waals surface area (Å²) < 4.78 is 5.06. The van der Waals surface area contributed by atoms with Crippen LogP contribution in [0.25, 0.3) is 0 Å². The number of ether oxygens (including phenoxy) is 1. The molecule has 6 nitrogen and oxygen atoms in total. The summed E-state index contributed by atoms with van der Waals surface area (Å²) in [7, 11) is 0. The quantitative estimate of drug-likeness (QED) is 0.602. The van der Waals surface area contributed by atoms with E-state index in [1.165, 1.54) is 0 Å². The molecule has 0 aromatic rings. The van der Waals surface area contributed by atoms with E-state index < -0.39 is 17.7 Å². The normalized spacial score (nSPS) is 12.9. The van der Waals surface area contributed by atoms with Crippen LogP contribution in [-0.2, 0) is 9.53 Å². The van der Waals surface area contributed by atoms with Crippen LogP contribution < -0.4 is 11.1 Å². The maximum atomic E-state index is 11.3. The Kier molecular flexibility index (Phi) is 7.35. The van der Waals surface area contributed by atoms with Crippen LogP contribution in [0.4, 0.5) is 4.79 Å². The zero-order chi connectivity index (χ0) is 14.2. The fraction of sp³-hybridized carbons (Fsp3) is 0.833. The van der Waals surface area contributed by atoms with Crippen LogP contribution in [0.15, 0.2) is 0 Å². The third kappa shape index (κ3) is 11.2. The van der Waals surface area contributed by atoms with E-state index in [1.807, 2.05) is 0 Å². The minimum atomic E-state index is -0.796. The van der Waals surface area contributed by atoms with Gasteiger partial charge in [-0.2, -0.15) is 0 Å². The van der Waals surface area contributed by atoms with Crippen LogP contribution >= 0.6 is 0 Å². The van der Waals surface area contributed by atoms with Crippen LogP contribution in [0.1, 0.15) is 46.5 Å². The Balaban J connectivity index is 3.61. The summed E-state index contributed by atoms with van der Waals surface area (Å²) in [5, 5.41) is 11.0. The number of carbonyl (C=O) groups excluding carboxylic acids is 1. The Morgan fingerprint density at radius 3 is 2.44 bits per heavy atom. The minimum Gasteiger partial charge on any atom is -0.481 e. The van der Waals surface area contributed by atoms with Gasteiger partial charge in [-0.05, 0) is 33.6 Å². The van der Waals surface area contributed by atoms with Gasteiger partial charge in [0.1, 0.15) is 5.60 Å². The smallest absolute Gasteiger partial charge is 0.407 e. The van der Waals surface area contributed by atoms with Gasteiger partial charge in [0.05, 0.1) is 0 Å². The van der Waals surface area contributed by atoms with Crippen molar-refractivity contribution in [1.82, 2.24) is 5.32 Å². The highest BCUT2D eigenvalue weighted by Crippen LogP contribution is 2.06. The molecule has 0 aliphatic carbocycles. The van der Waals surface area contributed by atoms with E-state index in [2.05, 4.69) is 5.32 Å². The van der Waals surface area contributed by atoms with Crippen molar-refractivity contribution in [3.63, 3.8) is 0 Å². The van der Waals surface area contributed by atoms with Gasteiger partial charge in [-0.3, -0.25) is 4.79 Å². The molecular weight excluding hydrogens is 236 g/mol. The highest BCUT2D eigenvalue weighted by Gasteiger charge is 2.16. The van der Waals surface area contributed by atoms with Gasteiger partial charge in [0.25, 0.3) is 0 Å². The van der Waals surface area contributed by atoms with Gasteiger partial charge >= 0.3 is 12.1 Å². The second kappa shape index (κ2) is 7.92. The van der Waals surface area contributed by atoms with E-state index in [9.17, 15) is 9.59 Å². The Morgan fingerprint density at radius 2 is 1.94 bits per heavy atom. The lowest BCUT2D eigenvalue weighted by Gasteiger charge is -2.20. The number of unbranched alkanes of at least 4 members (excludes halogenated alkanes) is 1. The van der Waals surface area contributed by atoms with Crippen LogP contribution in [0, 0.1) is 0 Å². The van der Waals surface area contributed by atoms with Crippen molar-refractivity contribution in [3.05, 3.63) is 0 Å². The number of rotatable bonds is 7. The second-order valence-corrected chi connectivity index (χ2v) is 5.28. The van der Waals surface area contributed by atoms with Crippen molar-refractivity contribution in [2.24, 2.45) is 5.73 Å². The first-order valence-electron chi connectivity index (χ1n) is 6.15. The Bertz CT molecular complexity index is 274. The molecule has 0 aliphatic heterocycles. The Hall–Kier alpha value is -1.30. The Labute approximate surface area is 108 Å². The van der Waals surface area contributed by atoms with Crippen molar-refractivity contribution in [3.8, 4) is 0 Å². The lowest BCUT2D eigenvalue weighted by Crippen LogP contribution is -2.40. The number of carboxylic acid groups (broad SMARTS) is 1.